The zero-order valence-corrected chi connectivity index (χ0v) is 14.4. The van der Waals surface area contributed by atoms with Crippen molar-refractivity contribution < 1.29 is 9.59 Å². The molecule has 22 heavy (non-hydrogen) atoms. The SMILES string of the molecule is CCN(CC)C(=O)CN1CCCN(C(=O)CCC(C)N)CC1. The van der Waals surface area contributed by atoms with Crippen molar-refractivity contribution in [2.75, 3.05) is 45.8 Å². The van der Waals surface area contributed by atoms with E-state index in [-0.39, 0.29) is 17.9 Å². The van der Waals surface area contributed by atoms with E-state index in [1.54, 1.807) is 0 Å². The summed E-state index contributed by atoms with van der Waals surface area (Å²) in [6.07, 6.45) is 2.19. The summed E-state index contributed by atoms with van der Waals surface area (Å²) < 4.78 is 0. The zero-order valence-electron chi connectivity index (χ0n) is 14.4. The summed E-state index contributed by atoms with van der Waals surface area (Å²) in [4.78, 5) is 30.3. The summed E-state index contributed by atoms with van der Waals surface area (Å²) in [5.74, 6) is 0.371. The molecule has 2 N–H and O–H groups in total. The van der Waals surface area contributed by atoms with Crippen molar-refractivity contribution >= 4 is 11.8 Å². The first-order chi connectivity index (χ1) is 10.5. The molecule has 0 aliphatic carbocycles. The highest BCUT2D eigenvalue weighted by Gasteiger charge is 2.21. The van der Waals surface area contributed by atoms with Gasteiger partial charge in [-0.25, -0.2) is 0 Å². The second-order valence-electron chi connectivity index (χ2n) is 6.09. The van der Waals surface area contributed by atoms with E-state index in [2.05, 4.69) is 4.90 Å². The molecule has 1 heterocycles. The van der Waals surface area contributed by atoms with Gasteiger partial charge < -0.3 is 15.5 Å². The summed E-state index contributed by atoms with van der Waals surface area (Å²) in [7, 11) is 0. The number of hydrogen-bond acceptors (Lipinski definition) is 4. The predicted octanol–water partition coefficient (Wildman–Crippen LogP) is 0.517. The van der Waals surface area contributed by atoms with Crippen LogP contribution in [0.25, 0.3) is 0 Å². The maximum Gasteiger partial charge on any atom is 0.236 e. The average Bonchev–Trinajstić information content (AvgIpc) is 2.71. The second-order valence-corrected chi connectivity index (χ2v) is 6.09. The van der Waals surface area contributed by atoms with Crippen LogP contribution in [0.5, 0.6) is 0 Å². The van der Waals surface area contributed by atoms with Gasteiger partial charge in [0.1, 0.15) is 0 Å². The fraction of sp³-hybridized carbons (Fsp3) is 0.875. The molecule has 1 unspecified atom stereocenters. The topological polar surface area (TPSA) is 69.9 Å². The molecule has 0 aromatic carbocycles. The molecule has 1 aliphatic heterocycles. The number of hydrogen-bond donors (Lipinski definition) is 1. The van der Waals surface area contributed by atoms with Gasteiger partial charge in [0.2, 0.25) is 11.8 Å². The van der Waals surface area contributed by atoms with Gasteiger partial charge in [-0.1, -0.05) is 0 Å². The first-order valence-corrected chi connectivity index (χ1v) is 8.51. The van der Waals surface area contributed by atoms with Crippen molar-refractivity contribution in [3.63, 3.8) is 0 Å². The van der Waals surface area contributed by atoms with Crippen LogP contribution in [0.3, 0.4) is 0 Å². The Morgan fingerprint density at radius 1 is 1.14 bits per heavy atom. The lowest BCUT2D eigenvalue weighted by Gasteiger charge is -2.25. The molecule has 2 amide bonds. The Hall–Kier alpha value is -1.14. The van der Waals surface area contributed by atoms with Gasteiger partial charge in [-0.15, -0.1) is 0 Å². The number of amides is 2. The first kappa shape index (κ1) is 18.9. The van der Waals surface area contributed by atoms with E-state index < -0.39 is 0 Å². The van der Waals surface area contributed by atoms with Crippen LogP contribution in [0, 0.1) is 0 Å². The molecule has 1 atom stereocenters. The third-order valence-electron chi connectivity index (χ3n) is 4.23. The molecule has 1 rings (SSSR count). The summed E-state index contributed by atoms with van der Waals surface area (Å²) in [5.41, 5.74) is 5.71. The highest BCUT2D eigenvalue weighted by atomic mass is 16.2. The number of carbonyl (C=O) groups is 2. The van der Waals surface area contributed by atoms with Crippen LogP contribution in [-0.4, -0.2) is 78.4 Å². The largest absolute Gasteiger partial charge is 0.342 e. The van der Waals surface area contributed by atoms with Gasteiger partial charge in [-0.05, 0) is 33.6 Å². The zero-order chi connectivity index (χ0) is 16.5. The van der Waals surface area contributed by atoms with Crippen LogP contribution in [0.2, 0.25) is 0 Å². The molecular weight excluding hydrogens is 280 g/mol. The van der Waals surface area contributed by atoms with Crippen molar-refractivity contribution in [3.05, 3.63) is 0 Å². The molecule has 0 radical (unpaired) electrons. The third-order valence-corrected chi connectivity index (χ3v) is 4.23. The number of carbonyl (C=O) groups excluding carboxylic acids is 2. The molecule has 0 bridgehead atoms. The molecule has 0 saturated carbocycles. The number of nitrogens with zero attached hydrogens (tertiary/aromatic N) is 3. The van der Waals surface area contributed by atoms with E-state index in [9.17, 15) is 9.59 Å². The minimum Gasteiger partial charge on any atom is -0.342 e. The summed E-state index contributed by atoms with van der Waals surface area (Å²) in [6, 6.07) is 0.0686. The minimum absolute atomic E-state index is 0.0686. The van der Waals surface area contributed by atoms with E-state index in [0.29, 0.717) is 19.5 Å². The van der Waals surface area contributed by atoms with E-state index >= 15 is 0 Å². The van der Waals surface area contributed by atoms with E-state index in [4.69, 9.17) is 5.73 Å². The molecule has 1 saturated heterocycles. The molecule has 6 nitrogen and oxygen atoms in total. The van der Waals surface area contributed by atoms with Crippen LogP contribution in [0.4, 0.5) is 0 Å². The second kappa shape index (κ2) is 9.79. The quantitative estimate of drug-likeness (QED) is 0.744. The smallest absolute Gasteiger partial charge is 0.236 e. The normalized spacial score (nSPS) is 17.9. The van der Waals surface area contributed by atoms with Crippen molar-refractivity contribution in [1.82, 2.24) is 14.7 Å². The Bertz CT molecular complexity index is 356. The molecule has 0 spiro atoms. The van der Waals surface area contributed by atoms with Gasteiger partial charge in [0.25, 0.3) is 0 Å². The van der Waals surface area contributed by atoms with Crippen molar-refractivity contribution in [2.24, 2.45) is 5.73 Å². The van der Waals surface area contributed by atoms with Crippen LogP contribution in [-0.2, 0) is 9.59 Å². The van der Waals surface area contributed by atoms with Gasteiger partial charge >= 0.3 is 0 Å². The van der Waals surface area contributed by atoms with E-state index in [0.717, 1.165) is 45.6 Å². The Morgan fingerprint density at radius 3 is 2.41 bits per heavy atom. The Kier molecular flexibility index (Phi) is 8.42. The van der Waals surface area contributed by atoms with Crippen molar-refractivity contribution in [2.45, 2.75) is 46.1 Å². The molecule has 0 aromatic heterocycles. The van der Waals surface area contributed by atoms with Crippen molar-refractivity contribution in [1.29, 1.82) is 0 Å². The molecular formula is C16H32N4O2. The van der Waals surface area contributed by atoms with Crippen molar-refractivity contribution in [3.8, 4) is 0 Å². The highest BCUT2D eigenvalue weighted by Crippen LogP contribution is 2.07. The number of nitrogens with two attached hydrogens (primary N) is 1. The maximum absolute atomic E-state index is 12.2. The molecule has 6 heteroatoms. The molecule has 128 valence electrons. The fourth-order valence-electron chi connectivity index (χ4n) is 2.76. The summed E-state index contributed by atoms with van der Waals surface area (Å²) >= 11 is 0. The minimum atomic E-state index is 0.0686. The Labute approximate surface area is 134 Å². The summed E-state index contributed by atoms with van der Waals surface area (Å²) in [6.45, 7) is 11.1. The predicted molar refractivity (Wildman–Crippen MR) is 88.4 cm³/mol. The maximum atomic E-state index is 12.2. The molecule has 0 aromatic rings. The monoisotopic (exact) mass is 312 g/mol. The third kappa shape index (κ3) is 6.32. The average molecular weight is 312 g/mol. The Morgan fingerprint density at radius 2 is 1.82 bits per heavy atom. The van der Waals surface area contributed by atoms with Gasteiger partial charge in [-0.3, -0.25) is 14.5 Å². The standard InChI is InChI=1S/C16H32N4O2/c1-4-19(5-2)16(22)13-18-9-6-10-20(12-11-18)15(21)8-7-14(3)17/h14H,4-13,17H2,1-3H3. The molecule has 1 aliphatic rings. The van der Waals surface area contributed by atoms with E-state index in [1.807, 2.05) is 30.6 Å². The van der Waals surface area contributed by atoms with Gasteiger partial charge in [0, 0.05) is 51.7 Å². The number of rotatable bonds is 7. The van der Waals surface area contributed by atoms with Crippen LogP contribution in [0.15, 0.2) is 0 Å². The summed E-state index contributed by atoms with van der Waals surface area (Å²) in [5, 5.41) is 0. The lowest BCUT2D eigenvalue weighted by molar-refractivity contribution is -0.132. The highest BCUT2D eigenvalue weighted by molar-refractivity contribution is 5.78. The van der Waals surface area contributed by atoms with Gasteiger partial charge in [0.05, 0.1) is 6.54 Å². The lowest BCUT2D eigenvalue weighted by Crippen LogP contribution is -2.42. The first-order valence-electron chi connectivity index (χ1n) is 8.51. The van der Waals surface area contributed by atoms with Gasteiger partial charge in [-0.2, -0.15) is 0 Å². The van der Waals surface area contributed by atoms with E-state index in [1.165, 1.54) is 0 Å². The number of likely N-dealkylation sites (N-methyl/N-ethyl adjacent to an activating group) is 1. The van der Waals surface area contributed by atoms with Crippen LogP contribution in [0.1, 0.15) is 40.0 Å². The van der Waals surface area contributed by atoms with Crippen LogP contribution < -0.4 is 5.73 Å². The lowest BCUT2D eigenvalue weighted by atomic mass is 10.2. The Balaban J connectivity index is 2.42. The van der Waals surface area contributed by atoms with Crippen LogP contribution >= 0.6 is 0 Å². The molecule has 1 fully saturated rings. The fourth-order valence-corrected chi connectivity index (χ4v) is 2.76. The van der Waals surface area contributed by atoms with Gasteiger partial charge in [0.15, 0.2) is 0 Å².